The Morgan fingerprint density at radius 3 is 2.52 bits per heavy atom. The summed E-state index contributed by atoms with van der Waals surface area (Å²) < 4.78 is 25.1. The van der Waals surface area contributed by atoms with Crippen molar-refractivity contribution in [3.8, 4) is 0 Å². The van der Waals surface area contributed by atoms with Crippen LogP contribution in [0.4, 0.5) is 0 Å². The number of sulfone groups is 1. The fourth-order valence-corrected chi connectivity index (χ4v) is 4.37. The summed E-state index contributed by atoms with van der Waals surface area (Å²) in [4.78, 5) is 11.9. The van der Waals surface area contributed by atoms with Crippen molar-refractivity contribution >= 4 is 26.5 Å². The molecule has 2 aromatic carbocycles. The number of rotatable bonds is 3. The van der Waals surface area contributed by atoms with Gasteiger partial charge in [0.1, 0.15) is 5.25 Å². The zero-order chi connectivity index (χ0) is 15.0. The molecule has 0 radical (unpaired) electrons. The molecule has 4 nitrogen and oxygen atoms in total. The van der Waals surface area contributed by atoms with Crippen molar-refractivity contribution < 1.29 is 13.2 Å². The third-order valence-corrected chi connectivity index (χ3v) is 6.10. The minimum Gasteiger partial charge on any atom is -0.355 e. The summed E-state index contributed by atoms with van der Waals surface area (Å²) in [5.74, 6) is -0.392. The van der Waals surface area contributed by atoms with Gasteiger partial charge in [0.15, 0.2) is 9.84 Å². The molecule has 1 aliphatic heterocycles. The number of benzene rings is 2. The molecule has 0 aromatic heterocycles. The molecule has 1 amide bonds. The first-order chi connectivity index (χ1) is 10.0. The predicted molar refractivity (Wildman–Crippen MR) is 81.9 cm³/mol. The maximum atomic E-state index is 12.6. The van der Waals surface area contributed by atoms with Gasteiger partial charge in [0.25, 0.3) is 0 Å². The summed E-state index contributed by atoms with van der Waals surface area (Å²) in [6, 6.07) is 11.1. The highest BCUT2D eigenvalue weighted by molar-refractivity contribution is 7.92. The standard InChI is InChI=1S/C16H17NO3S/c1-2-11-3-4-13-10-14(6-5-12(13)9-11)21(19,20)15-7-8-17-16(15)18/h3-6,9-10,15H,2,7-8H2,1H3,(H,17,18). The Kier molecular flexibility index (Phi) is 3.45. The minimum absolute atomic E-state index is 0.223. The SMILES string of the molecule is CCc1ccc2cc(S(=O)(=O)C3CCNC3=O)ccc2c1. The number of carbonyl (C=O) groups excluding carboxylic acids is 1. The van der Waals surface area contributed by atoms with Crippen LogP contribution < -0.4 is 5.32 Å². The summed E-state index contributed by atoms with van der Waals surface area (Å²) >= 11 is 0. The van der Waals surface area contributed by atoms with Crippen LogP contribution in [0.25, 0.3) is 10.8 Å². The van der Waals surface area contributed by atoms with Crippen molar-refractivity contribution in [1.29, 1.82) is 0 Å². The van der Waals surface area contributed by atoms with E-state index in [1.54, 1.807) is 12.1 Å². The van der Waals surface area contributed by atoms with E-state index in [1.807, 2.05) is 18.2 Å². The highest BCUT2D eigenvalue weighted by Crippen LogP contribution is 2.25. The Hall–Kier alpha value is -1.88. The van der Waals surface area contributed by atoms with E-state index in [2.05, 4.69) is 18.3 Å². The second-order valence-corrected chi connectivity index (χ2v) is 7.44. The van der Waals surface area contributed by atoms with Crippen LogP contribution >= 0.6 is 0 Å². The number of hydrogen-bond donors (Lipinski definition) is 1. The summed E-state index contributed by atoms with van der Waals surface area (Å²) in [6.07, 6.45) is 1.28. The Balaban J connectivity index is 2.06. The van der Waals surface area contributed by atoms with Gasteiger partial charge in [-0.2, -0.15) is 0 Å². The zero-order valence-electron chi connectivity index (χ0n) is 11.8. The molecule has 1 aliphatic rings. The summed E-state index contributed by atoms with van der Waals surface area (Å²) in [6.45, 7) is 2.51. The topological polar surface area (TPSA) is 63.2 Å². The molecule has 1 saturated heterocycles. The molecule has 0 spiro atoms. The van der Waals surface area contributed by atoms with Gasteiger partial charge >= 0.3 is 0 Å². The molecular weight excluding hydrogens is 286 g/mol. The lowest BCUT2D eigenvalue weighted by Crippen LogP contribution is -2.30. The highest BCUT2D eigenvalue weighted by Gasteiger charge is 2.37. The summed E-state index contributed by atoms with van der Waals surface area (Å²) in [5.41, 5.74) is 1.22. The van der Waals surface area contributed by atoms with E-state index in [0.717, 1.165) is 17.2 Å². The van der Waals surface area contributed by atoms with E-state index >= 15 is 0 Å². The molecular formula is C16H17NO3S. The van der Waals surface area contributed by atoms with Crippen LogP contribution in [0.1, 0.15) is 18.9 Å². The molecule has 0 aliphatic carbocycles. The normalized spacial score (nSPS) is 18.9. The molecule has 110 valence electrons. The maximum Gasteiger partial charge on any atom is 0.238 e. The molecule has 5 heteroatoms. The first kappa shape index (κ1) is 14.1. The van der Waals surface area contributed by atoms with Crippen LogP contribution in [0.3, 0.4) is 0 Å². The molecule has 3 rings (SSSR count). The fourth-order valence-electron chi connectivity index (χ4n) is 2.70. The Bertz CT molecular complexity index is 811. The third-order valence-electron chi connectivity index (χ3n) is 3.99. The van der Waals surface area contributed by atoms with E-state index in [-0.39, 0.29) is 4.90 Å². The highest BCUT2D eigenvalue weighted by atomic mass is 32.2. The number of aryl methyl sites for hydroxylation is 1. The van der Waals surface area contributed by atoms with Crippen molar-refractivity contribution in [2.24, 2.45) is 0 Å². The van der Waals surface area contributed by atoms with Crippen LogP contribution in [0.2, 0.25) is 0 Å². The summed E-state index contributed by atoms with van der Waals surface area (Å²) in [7, 11) is -3.61. The second kappa shape index (κ2) is 5.15. The lowest BCUT2D eigenvalue weighted by molar-refractivity contribution is -0.118. The van der Waals surface area contributed by atoms with Gasteiger partial charge in [-0.1, -0.05) is 31.2 Å². The van der Waals surface area contributed by atoms with Gasteiger partial charge in [0.2, 0.25) is 5.91 Å². The maximum absolute atomic E-state index is 12.6. The average Bonchev–Trinajstić information content (AvgIpc) is 2.93. The van der Waals surface area contributed by atoms with Gasteiger partial charge in [-0.15, -0.1) is 0 Å². The van der Waals surface area contributed by atoms with Crippen molar-refractivity contribution in [3.63, 3.8) is 0 Å². The van der Waals surface area contributed by atoms with Crippen molar-refractivity contribution in [2.45, 2.75) is 29.9 Å². The number of carbonyl (C=O) groups is 1. The first-order valence-corrected chi connectivity index (χ1v) is 8.61. The molecule has 21 heavy (non-hydrogen) atoms. The van der Waals surface area contributed by atoms with E-state index < -0.39 is 21.0 Å². The molecule has 1 unspecified atom stereocenters. The van der Waals surface area contributed by atoms with E-state index in [9.17, 15) is 13.2 Å². The van der Waals surface area contributed by atoms with E-state index in [4.69, 9.17) is 0 Å². The van der Waals surface area contributed by atoms with Gasteiger partial charge in [-0.05, 0) is 41.3 Å². The molecule has 1 atom stereocenters. The van der Waals surface area contributed by atoms with Gasteiger partial charge in [0.05, 0.1) is 4.90 Å². The fraction of sp³-hybridized carbons (Fsp3) is 0.312. The largest absolute Gasteiger partial charge is 0.355 e. The molecule has 1 N–H and O–H groups in total. The molecule has 1 heterocycles. The van der Waals surface area contributed by atoms with Gasteiger partial charge < -0.3 is 5.32 Å². The number of amides is 1. The van der Waals surface area contributed by atoms with Crippen LogP contribution in [0.5, 0.6) is 0 Å². The van der Waals surface area contributed by atoms with Crippen molar-refractivity contribution in [2.75, 3.05) is 6.54 Å². The average molecular weight is 303 g/mol. The van der Waals surface area contributed by atoms with E-state index in [1.165, 1.54) is 5.56 Å². The Morgan fingerprint density at radius 2 is 1.86 bits per heavy atom. The van der Waals surface area contributed by atoms with Crippen molar-refractivity contribution in [1.82, 2.24) is 5.32 Å². The van der Waals surface area contributed by atoms with Crippen LogP contribution in [0, 0.1) is 0 Å². The first-order valence-electron chi connectivity index (χ1n) is 7.06. The van der Waals surface area contributed by atoms with Crippen LogP contribution in [-0.4, -0.2) is 26.1 Å². The number of nitrogens with one attached hydrogen (secondary N) is 1. The number of hydrogen-bond acceptors (Lipinski definition) is 3. The van der Waals surface area contributed by atoms with Crippen LogP contribution in [0.15, 0.2) is 41.3 Å². The smallest absolute Gasteiger partial charge is 0.238 e. The molecule has 2 aromatic rings. The minimum atomic E-state index is -3.61. The second-order valence-electron chi connectivity index (χ2n) is 5.31. The van der Waals surface area contributed by atoms with Gasteiger partial charge in [-0.25, -0.2) is 8.42 Å². The molecule has 0 bridgehead atoms. The number of fused-ring (bicyclic) bond motifs is 1. The molecule has 0 saturated carbocycles. The van der Waals surface area contributed by atoms with Crippen LogP contribution in [-0.2, 0) is 21.1 Å². The van der Waals surface area contributed by atoms with E-state index in [0.29, 0.717) is 13.0 Å². The van der Waals surface area contributed by atoms with Gasteiger partial charge in [0, 0.05) is 6.54 Å². The lowest BCUT2D eigenvalue weighted by Gasteiger charge is -2.10. The quantitative estimate of drug-likeness (QED) is 0.944. The third kappa shape index (κ3) is 2.42. The Labute approximate surface area is 124 Å². The predicted octanol–water partition coefficient (Wildman–Crippen LogP) is 2.06. The van der Waals surface area contributed by atoms with Crippen molar-refractivity contribution in [3.05, 3.63) is 42.0 Å². The monoisotopic (exact) mass is 303 g/mol. The Morgan fingerprint density at radius 1 is 1.14 bits per heavy atom. The summed E-state index contributed by atoms with van der Waals surface area (Å²) in [5, 5.41) is 3.52. The van der Waals surface area contributed by atoms with Gasteiger partial charge in [-0.3, -0.25) is 4.79 Å². The lowest BCUT2D eigenvalue weighted by atomic mass is 10.1. The molecule has 1 fully saturated rings. The zero-order valence-corrected chi connectivity index (χ0v) is 12.6.